The highest BCUT2D eigenvalue weighted by Crippen LogP contribution is 2.37. The molecule has 146 valence electrons. The van der Waals surface area contributed by atoms with Crippen molar-refractivity contribution >= 4 is 22.6 Å². The molecule has 5 nitrogen and oxygen atoms in total. The number of nitrogens with one attached hydrogen (secondary N) is 1. The topological polar surface area (TPSA) is 62.4 Å². The molecule has 1 fully saturated rings. The molecule has 2 aromatic rings. The van der Waals surface area contributed by atoms with Gasteiger partial charge in [-0.15, -0.1) is 0 Å². The van der Waals surface area contributed by atoms with Crippen LogP contribution >= 0.6 is 0 Å². The molecule has 0 aliphatic carbocycles. The summed E-state index contributed by atoms with van der Waals surface area (Å²) in [6, 6.07) is 5.54. The van der Waals surface area contributed by atoms with Gasteiger partial charge in [0.1, 0.15) is 0 Å². The molecule has 0 amide bonds. The Hall–Kier alpha value is -2.51. The summed E-state index contributed by atoms with van der Waals surface area (Å²) in [7, 11) is 0. The van der Waals surface area contributed by atoms with Gasteiger partial charge in [-0.25, -0.2) is 0 Å². The number of fused-ring (bicyclic) bond motifs is 1. The van der Waals surface area contributed by atoms with Gasteiger partial charge in [0.25, 0.3) is 0 Å². The van der Waals surface area contributed by atoms with Crippen LogP contribution in [0.1, 0.15) is 38.7 Å². The molecule has 27 heavy (non-hydrogen) atoms. The Kier molecular flexibility index (Phi) is 5.17. The van der Waals surface area contributed by atoms with Crippen molar-refractivity contribution in [2.45, 2.75) is 51.4 Å². The fraction of sp³-hybridized carbons (Fsp3) is 0.474. The maximum absolute atomic E-state index is 13.4. The zero-order chi connectivity index (χ0) is 19.8. The van der Waals surface area contributed by atoms with Crippen LogP contribution in [0.3, 0.4) is 0 Å². The van der Waals surface area contributed by atoms with E-state index in [1.165, 1.54) is 19.1 Å². The summed E-state index contributed by atoms with van der Waals surface area (Å²) in [5.74, 6) is -0.350. The number of halogens is 3. The normalized spacial score (nSPS) is 20.3. The first-order valence-electron chi connectivity index (χ1n) is 8.83. The monoisotopic (exact) mass is 382 g/mol. The maximum atomic E-state index is 13.4. The van der Waals surface area contributed by atoms with Crippen LogP contribution in [0, 0.1) is 0 Å². The molecule has 2 heterocycles. The van der Waals surface area contributed by atoms with Crippen LogP contribution in [0.4, 0.5) is 18.9 Å². The van der Waals surface area contributed by atoms with Crippen LogP contribution in [0.25, 0.3) is 10.9 Å². The second-order valence-electron chi connectivity index (χ2n) is 6.89. The number of esters is 1. The molecule has 1 aromatic carbocycles. The maximum Gasteiger partial charge on any atom is 0.417 e. The fourth-order valence-corrected chi connectivity index (χ4v) is 3.80. The third-order valence-electron chi connectivity index (χ3n) is 4.97. The van der Waals surface area contributed by atoms with Crippen molar-refractivity contribution in [2.24, 2.45) is 0 Å². The predicted octanol–water partition coefficient (Wildman–Crippen LogP) is 3.86. The number of rotatable bonds is 4. The van der Waals surface area contributed by atoms with Gasteiger partial charge in [-0.2, -0.15) is 13.2 Å². The van der Waals surface area contributed by atoms with Gasteiger partial charge in [0.15, 0.2) is 0 Å². The van der Waals surface area contributed by atoms with E-state index in [0.29, 0.717) is 18.2 Å². The SMILES string of the molecule is CC(=O)OCC[C@H]1CC[C@@H](C)N1c1ccc2[nH]c(=O)cc(C(F)(F)F)c2c1. The number of pyridine rings is 1. The van der Waals surface area contributed by atoms with E-state index in [2.05, 4.69) is 9.88 Å². The lowest BCUT2D eigenvalue weighted by molar-refractivity contribution is -0.141. The van der Waals surface area contributed by atoms with Crippen LogP contribution in [0.2, 0.25) is 0 Å². The number of aromatic nitrogens is 1. The third kappa shape index (κ3) is 4.09. The number of ether oxygens (including phenoxy) is 1. The summed E-state index contributed by atoms with van der Waals surface area (Å²) in [6.07, 6.45) is -2.23. The van der Waals surface area contributed by atoms with Crippen molar-refractivity contribution in [1.82, 2.24) is 4.98 Å². The Labute approximate surface area is 154 Å². The van der Waals surface area contributed by atoms with E-state index < -0.39 is 17.3 Å². The number of alkyl halides is 3. The van der Waals surface area contributed by atoms with Gasteiger partial charge in [-0.3, -0.25) is 9.59 Å². The van der Waals surface area contributed by atoms with Gasteiger partial charge in [0.2, 0.25) is 5.56 Å². The first-order chi connectivity index (χ1) is 12.7. The zero-order valence-corrected chi connectivity index (χ0v) is 15.1. The average Bonchev–Trinajstić information content (AvgIpc) is 2.93. The van der Waals surface area contributed by atoms with Crippen LogP contribution in [-0.4, -0.2) is 29.6 Å². The van der Waals surface area contributed by atoms with Crippen molar-refractivity contribution < 1.29 is 22.7 Å². The van der Waals surface area contributed by atoms with E-state index in [9.17, 15) is 22.8 Å². The molecule has 1 N–H and O–H groups in total. The second kappa shape index (κ2) is 7.25. The van der Waals surface area contributed by atoms with Gasteiger partial charge < -0.3 is 14.6 Å². The molecule has 1 aromatic heterocycles. The summed E-state index contributed by atoms with van der Waals surface area (Å²) in [4.78, 5) is 27.1. The van der Waals surface area contributed by atoms with Gasteiger partial charge in [-0.1, -0.05) is 0 Å². The smallest absolute Gasteiger partial charge is 0.417 e. The number of aromatic amines is 1. The number of hydrogen-bond donors (Lipinski definition) is 1. The lowest BCUT2D eigenvalue weighted by atomic mass is 10.1. The van der Waals surface area contributed by atoms with Gasteiger partial charge in [0.05, 0.1) is 12.2 Å². The molecule has 0 bridgehead atoms. The molecule has 0 unspecified atom stereocenters. The highest BCUT2D eigenvalue weighted by molar-refractivity contribution is 5.86. The number of H-pyrrole nitrogens is 1. The largest absolute Gasteiger partial charge is 0.466 e. The lowest BCUT2D eigenvalue weighted by Crippen LogP contribution is -2.35. The van der Waals surface area contributed by atoms with Crippen molar-refractivity contribution in [3.8, 4) is 0 Å². The number of nitrogens with zero attached hydrogens (tertiary/aromatic N) is 1. The molecule has 0 saturated carbocycles. The molecular weight excluding hydrogens is 361 g/mol. The average molecular weight is 382 g/mol. The summed E-state index contributed by atoms with van der Waals surface area (Å²) in [5.41, 5.74) is -0.900. The first-order valence-corrected chi connectivity index (χ1v) is 8.83. The van der Waals surface area contributed by atoms with Crippen molar-refractivity contribution in [2.75, 3.05) is 11.5 Å². The van der Waals surface area contributed by atoms with E-state index in [0.717, 1.165) is 12.8 Å². The Morgan fingerprint density at radius 3 is 2.70 bits per heavy atom. The quantitative estimate of drug-likeness (QED) is 0.816. The summed E-state index contributed by atoms with van der Waals surface area (Å²) < 4.78 is 45.2. The van der Waals surface area contributed by atoms with E-state index in [4.69, 9.17) is 4.74 Å². The Balaban J connectivity index is 1.98. The van der Waals surface area contributed by atoms with E-state index in [-0.39, 0.29) is 35.6 Å². The summed E-state index contributed by atoms with van der Waals surface area (Å²) in [5, 5.41) is -0.0302. The highest BCUT2D eigenvalue weighted by Gasteiger charge is 2.35. The number of anilines is 1. The molecule has 1 aliphatic heterocycles. The Morgan fingerprint density at radius 2 is 2.04 bits per heavy atom. The standard InChI is InChI=1S/C19H21F3N2O3/c1-11-3-4-13(7-8-27-12(2)25)24(11)14-5-6-17-15(9-14)16(19(20,21)22)10-18(26)23-17/h5-6,9-11,13H,3-4,7-8H2,1-2H3,(H,23,26)/t11-,13-/m1/s1. The van der Waals surface area contributed by atoms with Crippen LogP contribution in [-0.2, 0) is 15.7 Å². The molecule has 1 saturated heterocycles. The third-order valence-corrected chi connectivity index (χ3v) is 4.97. The molecule has 8 heteroatoms. The predicted molar refractivity (Wildman–Crippen MR) is 95.8 cm³/mol. The number of hydrogen-bond acceptors (Lipinski definition) is 4. The van der Waals surface area contributed by atoms with Crippen molar-refractivity contribution in [1.29, 1.82) is 0 Å². The van der Waals surface area contributed by atoms with Crippen LogP contribution in [0.5, 0.6) is 0 Å². The van der Waals surface area contributed by atoms with Crippen molar-refractivity contribution in [3.05, 3.63) is 40.2 Å². The summed E-state index contributed by atoms with van der Waals surface area (Å²) in [6.45, 7) is 3.64. The zero-order valence-electron chi connectivity index (χ0n) is 15.1. The Morgan fingerprint density at radius 1 is 1.30 bits per heavy atom. The fourth-order valence-electron chi connectivity index (χ4n) is 3.80. The number of carbonyl (C=O) groups is 1. The van der Waals surface area contributed by atoms with E-state index in [1.807, 2.05) is 6.92 Å². The van der Waals surface area contributed by atoms with Crippen LogP contribution < -0.4 is 10.5 Å². The van der Waals surface area contributed by atoms with E-state index >= 15 is 0 Å². The van der Waals surface area contributed by atoms with Crippen LogP contribution in [0.15, 0.2) is 29.1 Å². The second-order valence-corrected chi connectivity index (χ2v) is 6.89. The number of benzene rings is 1. The van der Waals surface area contributed by atoms with Gasteiger partial charge >= 0.3 is 12.1 Å². The minimum Gasteiger partial charge on any atom is -0.466 e. The molecule has 3 rings (SSSR count). The van der Waals surface area contributed by atoms with Gasteiger partial charge in [0, 0.05) is 48.1 Å². The minimum absolute atomic E-state index is 0.0302. The highest BCUT2D eigenvalue weighted by atomic mass is 19.4. The van der Waals surface area contributed by atoms with Crippen molar-refractivity contribution in [3.63, 3.8) is 0 Å². The Bertz CT molecular complexity index is 907. The molecule has 0 radical (unpaired) electrons. The molecule has 1 aliphatic rings. The summed E-state index contributed by atoms with van der Waals surface area (Å²) >= 11 is 0. The minimum atomic E-state index is -4.61. The first kappa shape index (κ1) is 19.3. The molecule has 0 spiro atoms. The molecular formula is C19H21F3N2O3. The van der Waals surface area contributed by atoms with E-state index in [1.54, 1.807) is 6.07 Å². The van der Waals surface area contributed by atoms with Gasteiger partial charge in [-0.05, 0) is 38.0 Å². The lowest BCUT2D eigenvalue weighted by Gasteiger charge is -2.31. The molecule has 2 atom stereocenters. The number of carbonyl (C=O) groups excluding carboxylic acids is 1.